The van der Waals surface area contributed by atoms with Crippen LogP contribution in [0.2, 0.25) is 0 Å². The minimum Gasteiger partial charge on any atom is -0.330 e. The predicted octanol–water partition coefficient (Wildman–Crippen LogP) is 3.66. The van der Waals surface area contributed by atoms with Crippen molar-refractivity contribution < 1.29 is 4.79 Å². The van der Waals surface area contributed by atoms with E-state index in [4.69, 9.17) is 5.73 Å². The smallest absolute Gasteiger partial charge is 0.273 e. The Hall–Kier alpha value is -1.43. The van der Waals surface area contributed by atoms with Gasteiger partial charge in [-0.25, -0.2) is 4.98 Å². The molecule has 1 unspecified atom stereocenters. The Morgan fingerprint density at radius 2 is 2.21 bits per heavy atom. The third-order valence-electron chi connectivity index (χ3n) is 4.65. The molecule has 1 fully saturated rings. The summed E-state index contributed by atoms with van der Waals surface area (Å²) in [5.74, 6) is 0.0490. The molecule has 2 heterocycles. The highest BCUT2D eigenvalue weighted by atomic mass is 35.5. The molecule has 4 nitrogen and oxygen atoms in total. The first-order valence-corrected chi connectivity index (χ1v) is 9.01. The van der Waals surface area contributed by atoms with Crippen molar-refractivity contribution in [2.75, 3.05) is 13.1 Å². The summed E-state index contributed by atoms with van der Waals surface area (Å²) >= 11 is 1.53. The summed E-state index contributed by atoms with van der Waals surface area (Å²) in [6.07, 6.45) is 2.80. The number of benzene rings is 1. The summed E-state index contributed by atoms with van der Waals surface area (Å²) in [6, 6.07) is 6.53. The first kappa shape index (κ1) is 18.9. The molecule has 2 N–H and O–H groups in total. The second kappa shape index (κ2) is 8.10. The largest absolute Gasteiger partial charge is 0.330 e. The maximum atomic E-state index is 12.9. The van der Waals surface area contributed by atoms with Crippen LogP contribution in [0, 0.1) is 13.8 Å². The van der Waals surface area contributed by atoms with Gasteiger partial charge in [0.05, 0.1) is 11.0 Å². The Bertz CT molecular complexity index is 716. The molecule has 1 aliphatic rings. The maximum Gasteiger partial charge on any atom is 0.273 e. The van der Waals surface area contributed by atoms with E-state index in [9.17, 15) is 4.79 Å². The van der Waals surface area contributed by atoms with Gasteiger partial charge in [0.1, 0.15) is 5.69 Å². The number of nitrogens with zero attached hydrogens (tertiary/aromatic N) is 2. The van der Waals surface area contributed by atoms with Crippen LogP contribution in [0.3, 0.4) is 0 Å². The van der Waals surface area contributed by atoms with Gasteiger partial charge in [0.2, 0.25) is 0 Å². The lowest BCUT2D eigenvalue weighted by Gasteiger charge is -2.26. The van der Waals surface area contributed by atoms with Gasteiger partial charge < -0.3 is 10.6 Å². The van der Waals surface area contributed by atoms with Crippen LogP contribution in [0.1, 0.15) is 51.1 Å². The third-order valence-corrected chi connectivity index (χ3v) is 5.56. The molecule has 24 heavy (non-hydrogen) atoms. The highest BCUT2D eigenvalue weighted by Gasteiger charge is 2.32. The van der Waals surface area contributed by atoms with Gasteiger partial charge in [-0.15, -0.1) is 23.7 Å². The van der Waals surface area contributed by atoms with Crippen LogP contribution in [0.25, 0.3) is 0 Å². The fraction of sp³-hybridized carbons (Fsp3) is 0.444. The first-order valence-electron chi connectivity index (χ1n) is 8.13. The monoisotopic (exact) mass is 365 g/mol. The van der Waals surface area contributed by atoms with Gasteiger partial charge in [-0.2, -0.15) is 0 Å². The van der Waals surface area contributed by atoms with Gasteiger partial charge in [0, 0.05) is 18.3 Å². The molecule has 0 radical (unpaired) electrons. The predicted molar refractivity (Wildman–Crippen MR) is 101 cm³/mol. The molecule has 1 aliphatic heterocycles. The Kier molecular flexibility index (Phi) is 6.38. The number of aryl methyl sites for hydroxylation is 1. The van der Waals surface area contributed by atoms with Crippen LogP contribution < -0.4 is 5.73 Å². The van der Waals surface area contributed by atoms with Crippen LogP contribution in [0.5, 0.6) is 0 Å². The van der Waals surface area contributed by atoms with Gasteiger partial charge >= 0.3 is 0 Å². The molecule has 1 saturated heterocycles. The number of amides is 1. The van der Waals surface area contributed by atoms with Gasteiger partial charge in [0.15, 0.2) is 0 Å². The fourth-order valence-corrected chi connectivity index (χ4v) is 4.05. The third kappa shape index (κ3) is 3.63. The van der Waals surface area contributed by atoms with Crippen molar-refractivity contribution in [2.24, 2.45) is 5.73 Å². The number of carbonyl (C=O) groups excluding carboxylic acids is 1. The number of aromatic nitrogens is 1. The highest BCUT2D eigenvalue weighted by molar-refractivity contribution is 7.09. The minimum absolute atomic E-state index is 0. The number of rotatable bonds is 4. The molecule has 6 heteroatoms. The standard InChI is InChI=1S/C18H23N3OS.ClH/c1-12-5-3-6-14(13(12)2)16-7-4-10-21(16)18(22)15-11-23-17(20-15)8-9-19;/h3,5-6,11,16H,4,7-10,19H2,1-2H3;1H. The zero-order valence-electron chi connectivity index (χ0n) is 14.1. The average Bonchev–Trinajstić information content (AvgIpc) is 3.19. The first-order chi connectivity index (χ1) is 11.1. The van der Waals surface area contributed by atoms with Gasteiger partial charge in [-0.05, 0) is 49.9 Å². The Morgan fingerprint density at radius 1 is 1.42 bits per heavy atom. The van der Waals surface area contributed by atoms with Gasteiger partial charge in [0.25, 0.3) is 5.91 Å². The Labute approximate surface area is 153 Å². The lowest BCUT2D eigenvalue weighted by Crippen LogP contribution is -2.31. The highest BCUT2D eigenvalue weighted by Crippen LogP contribution is 2.35. The van der Waals surface area contributed by atoms with Crippen molar-refractivity contribution in [3.05, 3.63) is 51.0 Å². The van der Waals surface area contributed by atoms with E-state index in [0.717, 1.165) is 30.8 Å². The number of likely N-dealkylation sites (tertiary alicyclic amines) is 1. The number of hydrogen-bond donors (Lipinski definition) is 1. The summed E-state index contributed by atoms with van der Waals surface area (Å²) < 4.78 is 0. The zero-order valence-corrected chi connectivity index (χ0v) is 15.8. The number of nitrogens with two attached hydrogens (primary N) is 1. The van der Waals surface area contributed by atoms with Crippen molar-refractivity contribution in [2.45, 2.75) is 39.2 Å². The van der Waals surface area contributed by atoms with Crippen molar-refractivity contribution in [1.82, 2.24) is 9.88 Å². The molecule has 1 aromatic heterocycles. The van der Waals surface area contributed by atoms with Crippen molar-refractivity contribution >= 4 is 29.7 Å². The molecular weight excluding hydrogens is 342 g/mol. The SMILES string of the molecule is Cc1cccc(C2CCCN2C(=O)c2csc(CCN)n2)c1C.Cl. The summed E-state index contributed by atoms with van der Waals surface area (Å²) in [7, 11) is 0. The second-order valence-electron chi connectivity index (χ2n) is 6.11. The quantitative estimate of drug-likeness (QED) is 0.899. The number of carbonyl (C=O) groups is 1. The molecule has 1 aromatic carbocycles. The summed E-state index contributed by atoms with van der Waals surface area (Å²) in [4.78, 5) is 19.3. The number of hydrogen-bond acceptors (Lipinski definition) is 4. The van der Waals surface area contributed by atoms with E-state index in [-0.39, 0.29) is 24.4 Å². The molecule has 0 spiro atoms. The molecule has 0 bridgehead atoms. The number of thiazole rings is 1. The lowest BCUT2D eigenvalue weighted by atomic mass is 9.96. The zero-order chi connectivity index (χ0) is 16.4. The average molecular weight is 366 g/mol. The van der Waals surface area contributed by atoms with Crippen LogP contribution in [0.4, 0.5) is 0 Å². The van der Waals surface area contributed by atoms with Gasteiger partial charge in [-0.1, -0.05) is 18.2 Å². The molecular formula is C18H24ClN3OS. The molecule has 3 rings (SSSR count). The van der Waals surface area contributed by atoms with Crippen LogP contribution in [-0.2, 0) is 6.42 Å². The van der Waals surface area contributed by atoms with Crippen molar-refractivity contribution in [1.29, 1.82) is 0 Å². The van der Waals surface area contributed by atoms with Crippen molar-refractivity contribution in [3.8, 4) is 0 Å². The molecule has 0 saturated carbocycles. The van der Waals surface area contributed by atoms with Crippen molar-refractivity contribution in [3.63, 3.8) is 0 Å². The molecule has 1 amide bonds. The second-order valence-corrected chi connectivity index (χ2v) is 7.05. The molecule has 130 valence electrons. The van der Waals surface area contributed by atoms with Gasteiger partial charge in [-0.3, -0.25) is 4.79 Å². The fourth-order valence-electron chi connectivity index (χ4n) is 3.26. The normalized spacial score (nSPS) is 17.0. The Morgan fingerprint density at radius 3 is 2.96 bits per heavy atom. The van der Waals surface area contributed by atoms with Crippen LogP contribution in [-0.4, -0.2) is 28.9 Å². The maximum absolute atomic E-state index is 12.9. The van der Waals surface area contributed by atoms with E-state index in [1.165, 1.54) is 28.0 Å². The molecule has 1 atom stereocenters. The van der Waals surface area contributed by atoms with E-state index in [1.54, 1.807) is 0 Å². The van der Waals surface area contributed by atoms with E-state index in [0.29, 0.717) is 12.2 Å². The lowest BCUT2D eigenvalue weighted by molar-refractivity contribution is 0.0730. The summed E-state index contributed by atoms with van der Waals surface area (Å²) in [5.41, 5.74) is 9.97. The molecule has 2 aromatic rings. The minimum atomic E-state index is 0. The van der Waals surface area contributed by atoms with Crippen LogP contribution in [0.15, 0.2) is 23.6 Å². The van der Waals surface area contributed by atoms with E-state index in [1.807, 2.05) is 10.3 Å². The summed E-state index contributed by atoms with van der Waals surface area (Å²) in [6.45, 7) is 5.64. The van der Waals surface area contributed by atoms with Crippen LogP contribution >= 0.6 is 23.7 Å². The molecule has 0 aliphatic carbocycles. The summed E-state index contributed by atoms with van der Waals surface area (Å²) in [5, 5.41) is 2.81. The van der Waals surface area contributed by atoms with E-state index < -0.39 is 0 Å². The van der Waals surface area contributed by atoms with E-state index >= 15 is 0 Å². The Balaban J connectivity index is 0.00000208. The topological polar surface area (TPSA) is 59.2 Å². The van der Waals surface area contributed by atoms with E-state index in [2.05, 4.69) is 37.0 Å². The number of halogens is 1.